The highest BCUT2D eigenvalue weighted by Crippen LogP contribution is 2.58. The van der Waals surface area contributed by atoms with Gasteiger partial charge in [0.2, 0.25) is 0 Å². The second-order valence-corrected chi connectivity index (χ2v) is 15.1. The van der Waals surface area contributed by atoms with Crippen LogP contribution in [0.25, 0.3) is 64.3 Å². The molecule has 0 atom stereocenters. The summed E-state index contributed by atoms with van der Waals surface area (Å²) < 4.78 is 2.67. The smallest absolute Gasteiger partial charge is 0.0640 e. The Balaban J connectivity index is 1.23. The van der Waals surface area contributed by atoms with Crippen LogP contribution in [-0.4, -0.2) is 0 Å². The topological polar surface area (TPSA) is 3.24 Å². The van der Waals surface area contributed by atoms with Crippen LogP contribution in [-0.2, 0) is 5.41 Å². The number of fused-ring (bicyclic) bond motifs is 10. The Bertz CT molecular complexity index is 2660. The summed E-state index contributed by atoms with van der Waals surface area (Å²) in [5.41, 5.74) is 13.8. The molecule has 8 aromatic carbocycles. The van der Waals surface area contributed by atoms with E-state index in [1.807, 2.05) is 11.3 Å². The van der Waals surface area contributed by atoms with E-state index in [1.165, 1.54) is 81.1 Å². The molecule has 9 aromatic rings. The molecule has 0 N–H and O–H groups in total. The summed E-state index contributed by atoms with van der Waals surface area (Å²) in [7, 11) is 0. The summed E-state index contributed by atoms with van der Waals surface area (Å²) in [6.07, 6.45) is 0. The predicted octanol–water partition coefficient (Wildman–Crippen LogP) is 14.3. The van der Waals surface area contributed by atoms with E-state index in [-0.39, 0.29) is 5.41 Å². The van der Waals surface area contributed by atoms with Crippen molar-refractivity contribution in [3.63, 3.8) is 0 Å². The Labute approximate surface area is 302 Å². The normalized spacial score (nSPS) is 13.1. The van der Waals surface area contributed by atoms with Gasteiger partial charge >= 0.3 is 0 Å². The number of nitrogens with zero attached hydrogens (tertiary/aromatic N) is 1. The zero-order valence-corrected chi connectivity index (χ0v) is 29.4. The van der Waals surface area contributed by atoms with Crippen LogP contribution in [0.3, 0.4) is 0 Å². The molecule has 10 rings (SSSR count). The molecular formula is C49H35NS. The second-order valence-electron chi connectivity index (χ2n) is 14.1. The maximum atomic E-state index is 2.45. The van der Waals surface area contributed by atoms with Crippen molar-refractivity contribution in [3.05, 3.63) is 187 Å². The van der Waals surface area contributed by atoms with Gasteiger partial charge in [-0.15, -0.1) is 11.3 Å². The van der Waals surface area contributed by atoms with Crippen molar-refractivity contribution in [1.29, 1.82) is 0 Å². The molecule has 1 aromatic heterocycles. The van der Waals surface area contributed by atoms with Crippen molar-refractivity contribution in [1.82, 2.24) is 0 Å². The highest BCUT2D eigenvalue weighted by atomic mass is 32.1. The van der Waals surface area contributed by atoms with E-state index in [1.54, 1.807) is 0 Å². The van der Waals surface area contributed by atoms with Crippen LogP contribution < -0.4 is 4.90 Å². The Kier molecular flexibility index (Phi) is 6.78. The average molecular weight is 670 g/mol. The minimum Gasteiger partial charge on any atom is -0.309 e. The number of rotatable bonds is 5. The van der Waals surface area contributed by atoms with Gasteiger partial charge in [-0.05, 0) is 80.2 Å². The third-order valence-corrected chi connectivity index (χ3v) is 12.1. The van der Waals surface area contributed by atoms with Crippen molar-refractivity contribution in [2.45, 2.75) is 19.3 Å². The summed E-state index contributed by atoms with van der Waals surface area (Å²) >= 11 is 1.94. The van der Waals surface area contributed by atoms with E-state index in [2.05, 4.69) is 195 Å². The highest BCUT2D eigenvalue weighted by molar-refractivity contribution is 7.27. The molecule has 0 saturated heterocycles. The summed E-state index contributed by atoms with van der Waals surface area (Å²) in [6, 6.07) is 64.3. The molecule has 51 heavy (non-hydrogen) atoms. The van der Waals surface area contributed by atoms with Crippen LogP contribution in [0.4, 0.5) is 17.1 Å². The number of benzene rings is 8. The monoisotopic (exact) mass is 669 g/mol. The molecule has 0 bridgehead atoms. The van der Waals surface area contributed by atoms with Crippen molar-refractivity contribution in [2.75, 3.05) is 4.90 Å². The molecule has 0 aliphatic heterocycles. The van der Waals surface area contributed by atoms with Gasteiger partial charge in [0.05, 0.1) is 10.4 Å². The maximum absolute atomic E-state index is 2.45. The van der Waals surface area contributed by atoms with E-state index >= 15 is 0 Å². The van der Waals surface area contributed by atoms with Crippen LogP contribution in [0.15, 0.2) is 176 Å². The molecule has 0 amide bonds. The first-order valence-corrected chi connectivity index (χ1v) is 18.5. The van der Waals surface area contributed by atoms with Crippen LogP contribution in [0.5, 0.6) is 0 Å². The first kappa shape index (κ1) is 29.9. The Morgan fingerprint density at radius 3 is 1.57 bits per heavy atom. The molecule has 1 nitrogen and oxygen atoms in total. The molecule has 0 spiro atoms. The van der Waals surface area contributed by atoms with Gasteiger partial charge in [-0.1, -0.05) is 159 Å². The Morgan fingerprint density at radius 1 is 0.431 bits per heavy atom. The zero-order valence-electron chi connectivity index (χ0n) is 28.6. The zero-order chi connectivity index (χ0) is 34.1. The van der Waals surface area contributed by atoms with E-state index in [0.717, 1.165) is 11.4 Å². The summed E-state index contributed by atoms with van der Waals surface area (Å²) in [4.78, 5) is 2.45. The number of anilines is 3. The van der Waals surface area contributed by atoms with Crippen LogP contribution in [0, 0.1) is 0 Å². The molecule has 1 heterocycles. The maximum Gasteiger partial charge on any atom is 0.0640 e. The van der Waals surface area contributed by atoms with Gasteiger partial charge in [-0.3, -0.25) is 0 Å². The lowest BCUT2D eigenvalue weighted by atomic mass is 9.80. The molecule has 1 aliphatic rings. The fourth-order valence-electron chi connectivity index (χ4n) is 8.46. The minimum absolute atomic E-state index is 0.127. The lowest BCUT2D eigenvalue weighted by molar-refractivity contribution is 0.667. The van der Waals surface area contributed by atoms with Gasteiger partial charge in [0, 0.05) is 37.6 Å². The standard InChI is InChI=1S/C49H35NS/c1-49(2)42-22-12-11-20-40(42)44-38-18-9-10-19-39(38)48-45(46(44)49)41-21-13-23-43(47(41)51-48)50(36-28-24-34(25-29-36)32-14-5-3-6-15-32)37-30-26-35(27-31-37)33-16-7-4-8-17-33/h3-31H,1-2H3. The Hall–Kier alpha value is -5.96. The summed E-state index contributed by atoms with van der Waals surface area (Å²) in [5, 5.41) is 5.39. The first-order valence-electron chi connectivity index (χ1n) is 17.7. The Morgan fingerprint density at radius 2 is 0.941 bits per heavy atom. The molecule has 0 unspecified atom stereocenters. The molecule has 0 saturated carbocycles. The van der Waals surface area contributed by atoms with Gasteiger partial charge in [-0.2, -0.15) is 0 Å². The lowest BCUT2D eigenvalue weighted by Crippen LogP contribution is -2.15. The first-order chi connectivity index (χ1) is 25.1. The fraction of sp³-hybridized carbons (Fsp3) is 0.0612. The van der Waals surface area contributed by atoms with Crippen LogP contribution >= 0.6 is 11.3 Å². The van der Waals surface area contributed by atoms with Gasteiger partial charge in [-0.25, -0.2) is 0 Å². The van der Waals surface area contributed by atoms with Crippen LogP contribution in [0.2, 0.25) is 0 Å². The predicted molar refractivity (Wildman–Crippen MR) is 220 cm³/mol. The number of hydrogen-bond donors (Lipinski definition) is 0. The quantitative estimate of drug-likeness (QED) is 0.176. The van der Waals surface area contributed by atoms with Gasteiger partial charge < -0.3 is 4.90 Å². The molecule has 242 valence electrons. The van der Waals surface area contributed by atoms with Crippen molar-refractivity contribution in [2.24, 2.45) is 0 Å². The molecule has 0 radical (unpaired) electrons. The lowest BCUT2D eigenvalue weighted by Gasteiger charge is -2.27. The van der Waals surface area contributed by atoms with Gasteiger partial charge in [0.15, 0.2) is 0 Å². The van der Waals surface area contributed by atoms with Crippen LogP contribution in [0.1, 0.15) is 25.0 Å². The van der Waals surface area contributed by atoms with Crippen molar-refractivity contribution >= 4 is 59.3 Å². The summed E-state index contributed by atoms with van der Waals surface area (Å²) in [6.45, 7) is 4.82. The average Bonchev–Trinajstić information content (AvgIpc) is 3.69. The molecular weight excluding hydrogens is 635 g/mol. The van der Waals surface area contributed by atoms with E-state index in [0.29, 0.717) is 0 Å². The van der Waals surface area contributed by atoms with E-state index in [4.69, 9.17) is 0 Å². The minimum atomic E-state index is -0.127. The van der Waals surface area contributed by atoms with E-state index in [9.17, 15) is 0 Å². The molecule has 0 fully saturated rings. The third-order valence-electron chi connectivity index (χ3n) is 10.8. The SMILES string of the molecule is CC1(C)c2ccccc2-c2c1c1c3cccc(N(c4ccc(-c5ccccc5)cc4)c4ccc(-c5ccccc5)cc4)c3sc1c1ccccc21. The third kappa shape index (κ3) is 4.60. The second kappa shape index (κ2) is 11.6. The van der Waals surface area contributed by atoms with Gasteiger partial charge in [0.25, 0.3) is 0 Å². The highest BCUT2D eigenvalue weighted by Gasteiger charge is 2.39. The number of thiophene rings is 1. The summed E-state index contributed by atoms with van der Waals surface area (Å²) in [5.74, 6) is 0. The molecule has 1 aliphatic carbocycles. The fourth-order valence-corrected chi connectivity index (χ4v) is 9.81. The van der Waals surface area contributed by atoms with E-state index < -0.39 is 0 Å². The number of hydrogen-bond acceptors (Lipinski definition) is 2. The van der Waals surface area contributed by atoms with Crippen molar-refractivity contribution < 1.29 is 0 Å². The largest absolute Gasteiger partial charge is 0.309 e. The van der Waals surface area contributed by atoms with Gasteiger partial charge in [0.1, 0.15) is 0 Å². The van der Waals surface area contributed by atoms with Crippen molar-refractivity contribution in [3.8, 4) is 33.4 Å². The molecule has 2 heteroatoms.